The lowest BCUT2D eigenvalue weighted by atomic mass is 9.78. The minimum Gasteiger partial charge on any atom is -0.374 e. The summed E-state index contributed by atoms with van der Waals surface area (Å²) in [7, 11) is 3.29. The molecule has 2 unspecified atom stereocenters. The van der Waals surface area contributed by atoms with Crippen molar-refractivity contribution in [2.75, 3.05) is 23.9 Å². The van der Waals surface area contributed by atoms with Gasteiger partial charge < -0.3 is 14.9 Å². The van der Waals surface area contributed by atoms with Crippen LogP contribution in [0.2, 0.25) is 0 Å². The summed E-state index contributed by atoms with van der Waals surface area (Å²) in [6.45, 7) is 0. The fourth-order valence-corrected chi connectivity index (χ4v) is 3.73. The molecule has 5 nitrogen and oxygen atoms in total. The Labute approximate surface area is 133 Å². The van der Waals surface area contributed by atoms with E-state index in [0.717, 1.165) is 5.69 Å². The second-order valence-electron chi connectivity index (χ2n) is 6.04. The van der Waals surface area contributed by atoms with Crippen molar-refractivity contribution in [3.8, 4) is 0 Å². The summed E-state index contributed by atoms with van der Waals surface area (Å²) >= 11 is 0. The minimum absolute atomic E-state index is 0.271. The Balaban J connectivity index is 1.98. The maximum atomic E-state index is 12.8. The zero-order chi connectivity index (χ0) is 16.4. The van der Waals surface area contributed by atoms with Crippen molar-refractivity contribution in [1.82, 2.24) is 0 Å². The SMILES string of the molecule is CN1C(=O)C(C2(O)C(=O)N(C)c3ccccc32)c2ccccc21. The van der Waals surface area contributed by atoms with E-state index in [1.807, 2.05) is 24.3 Å². The summed E-state index contributed by atoms with van der Waals surface area (Å²) in [5.74, 6) is -1.67. The molecule has 0 fully saturated rings. The first-order chi connectivity index (χ1) is 11.0. The van der Waals surface area contributed by atoms with Gasteiger partial charge >= 0.3 is 0 Å². The van der Waals surface area contributed by atoms with E-state index in [1.54, 1.807) is 38.4 Å². The second kappa shape index (κ2) is 4.43. The molecule has 0 aliphatic carbocycles. The highest BCUT2D eigenvalue weighted by Gasteiger charge is 2.59. The summed E-state index contributed by atoms with van der Waals surface area (Å²) in [4.78, 5) is 28.6. The third-order valence-corrected chi connectivity index (χ3v) is 4.91. The van der Waals surface area contributed by atoms with Crippen LogP contribution in [0.25, 0.3) is 0 Å². The highest BCUT2D eigenvalue weighted by atomic mass is 16.3. The molecule has 4 rings (SSSR count). The van der Waals surface area contributed by atoms with E-state index in [1.165, 1.54) is 9.80 Å². The third-order valence-electron chi connectivity index (χ3n) is 4.91. The normalized spacial score (nSPS) is 25.8. The topological polar surface area (TPSA) is 60.9 Å². The van der Waals surface area contributed by atoms with Crippen molar-refractivity contribution >= 4 is 23.2 Å². The Kier molecular flexibility index (Phi) is 2.69. The quantitative estimate of drug-likeness (QED) is 0.870. The highest BCUT2D eigenvalue weighted by Crippen LogP contribution is 2.52. The molecule has 23 heavy (non-hydrogen) atoms. The monoisotopic (exact) mass is 308 g/mol. The number of aliphatic hydroxyl groups is 1. The zero-order valence-electron chi connectivity index (χ0n) is 12.9. The molecule has 2 heterocycles. The van der Waals surface area contributed by atoms with Gasteiger partial charge in [0.25, 0.3) is 5.91 Å². The number of hydrogen-bond acceptors (Lipinski definition) is 3. The van der Waals surface area contributed by atoms with Gasteiger partial charge in [-0.2, -0.15) is 0 Å². The van der Waals surface area contributed by atoms with Crippen molar-refractivity contribution < 1.29 is 14.7 Å². The molecular formula is C18H16N2O3. The molecule has 0 saturated heterocycles. The Bertz CT molecular complexity index is 848. The van der Waals surface area contributed by atoms with Crippen LogP contribution in [0.1, 0.15) is 17.0 Å². The van der Waals surface area contributed by atoms with Crippen molar-refractivity contribution in [3.63, 3.8) is 0 Å². The molecule has 0 aromatic heterocycles. The Hall–Kier alpha value is -2.66. The van der Waals surface area contributed by atoms with Crippen molar-refractivity contribution in [3.05, 3.63) is 59.7 Å². The van der Waals surface area contributed by atoms with E-state index < -0.39 is 17.4 Å². The van der Waals surface area contributed by atoms with Crippen LogP contribution in [0.3, 0.4) is 0 Å². The average molecular weight is 308 g/mol. The van der Waals surface area contributed by atoms with Gasteiger partial charge in [0.2, 0.25) is 5.91 Å². The lowest BCUT2D eigenvalue weighted by Crippen LogP contribution is -2.46. The van der Waals surface area contributed by atoms with Gasteiger partial charge in [0.05, 0.1) is 5.69 Å². The lowest BCUT2D eigenvalue weighted by Gasteiger charge is -2.27. The molecule has 5 heteroatoms. The van der Waals surface area contributed by atoms with Gasteiger partial charge in [-0.15, -0.1) is 0 Å². The summed E-state index contributed by atoms with van der Waals surface area (Å²) in [5.41, 5.74) is 0.663. The van der Waals surface area contributed by atoms with E-state index in [9.17, 15) is 14.7 Å². The number of likely N-dealkylation sites (N-methyl/N-ethyl adjacent to an activating group) is 2. The molecule has 0 spiro atoms. The number of carbonyl (C=O) groups is 2. The maximum absolute atomic E-state index is 12.8. The maximum Gasteiger partial charge on any atom is 0.264 e. The number of rotatable bonds is 1. The summed E-state index contributed by atoms with van der Waals surface area (Å²) in [5, 5.41) is 11.4. The number of hydrogen-bond donors (Lipinski definition) is 1. The van der Waals surface area contributed by atoms with Gasteiger partial charge in [0.15, 0.2) is 5.60 Å². The number of fused-ring (bicyclic) bond motifs is 2. The number of nitrogens with zero attached hydrogens (tertiary/aromatic N) is 2. The lowest BCUT2D eigenvalue weighted by molar-refractivity contribution is -0.143. The smallest absolute Gasteiger partial charge is 0.264 e. The molecule has 2 aromatic rings. The number of para-hydroxylation sites is 2. The first-order valence-electron chi connectivity index (χ1n) is 7.44. The van der Waals surface area contributed by atoms with E-state index >= 15 is 0 Å². The minimum atomic E-state index is -1.87. The van der Waals surface area contributed by atoms with Gasteiger partial charge in [-0.25, -0.2) is 0 Å². The highest BCUT2D eigenvalue weighted by molar-refractivity contribution is 6.15. The summed E-state index contributed by atoms with van der Waals surface area (Å²) < 4.78 is 0. The molecular weight excluding hydrogens is 292 g/mol. The Morgan fingerprint density at radius 1 is 0.913 bits per heavy atom. The van der Waals surface area contributed by atoms with Crippen LogP contribution in [0.15, 0.2) is 48.5 Å². The predicted octanol–water partition coefficient (Wildman–Crippen LogP) is 1.61. The van der Waals surface area contributed by atoms with Gasteiger partial charge in [-0.3, -0.25) is 9.59 Å². The van der Waals surface area contributed by atoms with Crippen molar-refractivity contribution in [1.29, 1.82) is 0 Å². The first kappa shape index (κ1) is 14.0. The van der Waals surface area contributed by atoms with Crippen LogP contribution in [0.5, 0.6) is 0 Å². The predicted molar refractivity (Wildman–Crippen MR) is 86.3 cm³/mol. The summed E-state index contributed by atoms with van der Waals surface area (Å²) in [6, 6.07) is 14.4. The first-order valence-corrected chi connectivity index (χ1v) is 7.44. The zero-order valence-corrected chi connectivity index (χ0v) is 12.9. The van der Waals surface area contributed by atoms with E-state index in [4.69, 9.17) is 0 Å². The van der Waals surface area contributed by atoms with Crippen LogP contribution >= 0.6 is 0 Å². The molecule has 2 amide bonds. The molecule has 0 saturated carbocycles. The second-order valence-corrected chi connectivity index (χ2v) is 6.04. The molecule has 2 aromatic carbocycles. The van der Waals surface area contributed by atoms with Gasteiger partial charge in [-0.05, 0) is 17.7 Å². The summed E-state index contributed by atoms with van der Waals surface area (Å²) in [6.07, 6.45) is 0. The standard InChI is InChI=1S/C18H16N2O3/c1-19-13-9-5-3-7-11(13)15(16(19)21)18(23)12-8-4-6-10-14(12)20(2)17(18)22/h3-10,15,23H,1-2H3. The van der Waals surface area contributed by atoms with Crippen LogP contribution in [0.4, 0.5) is 11.4 Å². The molecule has 2 aliphatic heterocycles. The molecule has 1 N–H and O–H groups in total. The van der Waals surface area contributed by atoms with E-state index in [2.05, 4.69) is 0 Å². The molecule has 2 atom stereocenters. The van der Waals surface area contributed by atoms with Gasteiger partial charge in [-0.1, -0.05) is 36.4 Å². The number of benzene rings is 2. The van der Waals surface area contributed by atoms with Crippen LogP contribution < -0.4 is 9.80 Å². The number of amides is 2. The van der Waals surface area contributed by atoms with Gasteiger partial charge in [0, 0.05) is 25.3 Å². The van der Waals surface area contributed by atoms with Crippen LogP contribution in [-0.4, -0.2) is 31.0 Å². The van der Waals surface area contributed by atoms with Crippen LogP contribution in [-0.2, 0) is 15.2 Å². The average Bonchev–Trinajstić information content (AvgIpc) is 2.94. The van der Waals surface area contributed by atoms with Gasteiger partial charge in [0.1, 0.15) is 5.92 Å². The number of carbonyl (C=O) groups excluding carboxylic acids is 2. The Morgan fingerprint density at radius 2 is 1.52 bits per heavy atom. The van der Waals surface area contributed by atoms with E-state index in [0.29, 0.717) is 16.8 Å². The fourth-order valence-electron chi connectivity index (χ4n) is 3.73. The molecule has 0 radical (unpaired) electrons. The van der Waals surface area contributed by atoms with Crippen LogP contribution in [0, 0.1) is 0 Å². The van der Waals surface area contributed by atoms with E-state index in [-0.39, 0.29) is 5.91 Å². The largest absolute Gasteiger partial charge is 0.374 e. The molecule has 2 aliphatic rings. The fraction of sp³-hybridized carbons (Fsp3) is 0.222. The molecule has 0 bridgehead atoms. The third kappa shape index (κ3) is 1.55. The van der Waals surface area contributed by atoms with Crippen molar-refractivity contribution in [2.45, 2.75) is 11.5 Å². The van der Waals surface area contributed by atoms with Crippen molar-refractivity contribution in [2.24, 2.45) is 0 Å². The molecule has 116 valence electrons. The Morgan fingerprint density at radius 3 is 2.26 bits per heavy atom. The number of anilines is 2.